The Labute approximate surface area is 119 Å². The first-order valence-electron chi connectivity index (χ1n) is 6.32. The second-order valence-corrected chi connectivity index (χ2v) is 5.48. The van der Waals surface area contributed by atoms with Crippen LogP contribution in [-0.2, 0) is 6.42 Å². The van der Waals surface area contributed by atoms with Gasteiger partial charge in [0.05, 0.1) is 0 Å². The highest BCUT2D eigenvalue weighted by Crippen LogP contribution is 2.20. The van der Waals surface area contributed by atoms with Crippen molar-refractivity contribution >= 4 is 17.4 Å². The van der Waals surface area contributed by atoms with E-state index in [0.717, 1.165) is 27.8 Å². The van der Waals surface area contributed by atoms with Gasteiger partial charge in [-0.3, -0.25) is 4.79 Å². The zero-order valence-corrected chi connectivity index (χ0v) is 12.2. The maximum Gasteiger partial charge on any atom is 0.167 e. The lowest BCUT2D eigenvalue weighted by atomic mass is 9.99. The topological polar surface area (TPSA) is 17.1 Å². The van der Waals surface area contributed by atoms with Gasteiger partial charge in [-0.15, -0.1) is 0 Å². The predicted molar refractivity (Wildman–Crippen MR) is 80.1 cm³/mol. The van der Waals surface area contributed by atoms with Crippen LogP contribution in [0, 0.1) is 20.8 Å². The molecule has 0 aliphatic heterocycles. The Hall–Kier alpha value is -1.60. The molecular formula is C17H17ClO. The van der Waals surface area contributed by atoms with E-state index in [0.29, 0.717) is 11.4 Å². The number of benzene rings is 2. The minimum Gasteiger partial charge on any atom is -0.294 e. The molecule has 0 aromatic heterocycles. The largest absolute Gasteiger partial charge is 0.294 e. The van der Waals surface area contributed by atoms with Gasteiger partial charge in [-0.25, -0.2) is 0 Å². The van der Waals surface area contributed by atoms with Crippen LogP contribution in [0.1, 0.15) is 32.6 Å². The molecule has 19 heavy (non-hydrogen) atoms. The van der Waals surface area contributed by atoms with Gasteiger partial charge in [0.25, 0.3) is 0 Å². The Bertz CT molecular complexity index is 609. The summed E-state index contributed by atoms with van der Waals surface area (Å²) >= 11 is 6.17. The molecule has 1 nitrogen and oxygen atoms in total. The van der Waals surface area contributed by atoms with Crippen molar-refractivity contribution in [2.75, 3.05) is 0 Å². The van der Waals surface area contributed by atoms with Crippen LogP contribution in [0.25, 0.3) is 0 Å². The molecular weight excluding hydrogens is 256 g/mol. The third-order valence-corrected chi connectivity index (χ3v) is 3.46. The van der Waals surface area contributed by atoms with E-state index in [1.807, 2.05) is 51.1 Å². The zero-order valence-electron chi connectivity index (χ0n) is 11.5. The Morgan fingerprint density at radius 2 is 1.58 bits per heavy atom. The highest BCUT2D eigenvalue weighted by Gasteiger charge is 2.10. The molecule has 2 aromatic rings. The Morgan fingerprint density at radius 1 is 0.947 bits per heavy atom. The van der Waals surface area contributed by atoms with Crippen molar-refractivity contribution in [2.45, 2.75) is 27.2 Å². The van der Waals surface area contributed by atoms with Crippen LogP contribution in [-0.4, -0.2) is 5.78 Å². The van der Waals surface area contributed by atoms with Crippen molar-refractivity contribution in [3.8, 4) is 0 Å². The van der Waals surface area contributed by atoms with Gasteiger partial charge in [0.2, 0.25) is 0 Å². The highest BCUT2D eigenvalue weighted by molar-refractivity contribution is 6.31. The molecule has 0 unspecified atom stereocenters. The molecule has 0 heterocycles. The van der Waals surface area contributed by atoms with E-state index in [4.69, 9.17) is 11.6 Å². The summed E-state index contributed by atoms with van der Waals surface area (Å²) in [4.78, 5) is 12.3. The van der Waals surface area contributed by atoms with Gasteiger partial charge in [0, 0.05) is 17.0 Å². The lowest BCUT2D eigenvalue weighted by molar-refractivity contribution is 0.0993. The second kappa shape index (κ2) is 5.58. The molecule has 0 radical (unpaired) electrons. The van der Waals surface area contributed by atoms with Gasteiger partial charge in [-0.1, -0.05) is 40.9 Å². The number of aryl methyl sites for hydroxylation is 3. The summed E-state index contributed by atoms with van der Waals surface area (Å²) in [6, 6.07) is 11.7. The summed E-state index contributed by atoms with van der Waals surface area (Å²) in [7, 11) is 0. The van der Waals surface area contributed by atoms with Gasteiger partial charge >= 0.3 is 0 Å². The van der Waals surface area contributed by atoms with Crippen LogP contribution < -0.4 is 0 Å². The summed E-state index contributed by atoms with van der Waals surface area (Å²) in [5.74, 6) is 0.109. The molecule has 0 spiro atoms. The molecule has 0 atom stereocenters. The summed E-state index contributed by atoms with van der Waals surface area (Å²) in [5.41, 5.74) is 4.97. The summed E-state index contributed by atoms with van der Waals surface area (Å²) in [6.07, 6.45) is 0.349. The third kappa shape index (κ3) is 3.45. The number of halogens is 1. The van der Waals surface area contributed by atoms with Gasteiger partial charge < -0.3 is 0 Å². The van der Waals surface area contributed by atoms with Crippen molar-refractivity contribution in [2.24, 2.45) is 0 Å². The fraction of sp³-hybridized carbons (Fsp3) is 0.235. The van der Waals surface area contributed by atoms with E-state index in [9.17, 15) is 4.79 Å². The molecule has 2 aromatic carbocycles. The first-order chi connectivity index (χ1) is 8.95. The van der Waals surface area contributed by atoms with Gasteiger partial charge in [-0.05, 0) is 50.1 Å². The van der Waals surface area contributed by atoms with Crippen LogP contribution >= 0.6 is 11.6 Å². The lowest BCUT2D eigenvalue weighted by Crippen LogP contribution is -2.05. The van der Waals surface area contributed by atoms with Crippen molar-refractivity contribution in [1.29, 1.82) is 0 Å². The molecule has 0 saturated heterocycles. The molecule has 0 amide bonds. The molecule has 0 bridgehead atoms. The fourth-order valence-electron chi connectivity index (χ4n) is 2.21. The fourth-order valence-corrected chi connectivity index (χ4v) is 2.51. The van der Waals surface area contributed by atoms with Crippen LogP contribution in [0.15, 0.2) is 36.4 Å². The summed E-state index contributed by atoms with van der Waals surface area (Å²) in [5, 5.41) is 0.665. The molecule has 98 valence electrons. The standard InChI is InChI=1S/C17H17ClO/c1-11-4-5-14(16(18)9-11)10-17(19)15-7-12(2)6-13(3)8-15/h4-9H,10H2,1-3H3. The summed E-state index contributed by atoms with van der Waals surface area (Å²) < 4.78 is 0. The monoisotopic (exact) mass is 272 g/mol. The number of hydrogen-bond acceptors (Lipinski definition) is 1. The van der Waals surface area contributed by atoms with E-state index >= 15 is 0 Å². The van der Waals surface area contributed by atoms with Crippen LogP contribution in [0.4, 0.5) is 0 Å². The quantitative estimate of drug-likeness (QED) is 0.741. The second-order valence-electron chi connectivity index (χ2n) is 5.07. The highest BCUT2D eigenvalue weighted by atomic mass is 35.5. The maximum atomic E-state index is 12.3. The molecule has 0 aliphatic rings. The SMILES string of the molecule is Cc1cc(C)cc(C(=O)Cc2ccc(C)cc2Cl)c1. The average Bonchev–Trinajstić information content (AvgIpc) is 2.31. The molecule has 2 heteroatoms. The van der Waals surface area contributed by atoms with E-state index in [1.54, 1.807) is 0 Å². The maximum absolute atomic E-state index is 12.3. The Kier molecular flexibility index (Phi) is 4.06. The van der Waals surface area contributed by atoms with E-state index in [2.05, 4.69) is 6.07 Å². The minimum atomic E-state index is 0.109. The zero-order chi connectivity index (χ0) is 14.0. The van der Waals surface area contributed by atoms with E-state index in [1.165, 1.54) is 0 Å². The van der Waals surface area contributed by atoms with Crippen molar-refractivity contribution in [3.05, 3.63) is 69.2 Å². The van der Waals surface area contributed by atoms with Gasteiger partial charge in [-0.2, -0.15) is 0 Å². The molecule has 2 rings (SSSR count). The van der Waals surface area contributed by atoms with E-state index < -0.39 is 0 Å². The summed E-state index contributed by atoms with van der Waals surface area (Å²) in [6.45, 7) is 5.99. The smallest absolute Gasteiger partial charge is 0.167 e. The number of ketones is 1. The van der Waals surface area contributed by atoms with Crippen molar-refractivity contribution in [3.63, 3.8) is 0 Å². The Morgan fingerprint density at radius 3 is 2.16 bits per heavy atom. The van der Waals surface area contributed by atoms with Crippen molar-refractivity contribution in [1.82, 2.24) is 0 Å². The molecule has 0 N–H and O–H groups in total. The average molecular weight is 273 g/mol. The number of rotatable bonds is 3. The molecule has 0 fully saturated rings. The minimum absolute atomic E-state index is 0.109. The van der Waals surface area contributed by atoms with Gasteiger partial charge in [0.1, 0.15) is 0 Å². The number of carbonyl (C=O) groups excluding carboxylic acids is 1. The number of hydrogen-bond donors (Lipinski definition) is 0. The van der Waals surface area contributed by atoms with Gasteiger partial charge in [0.15, 0.2) is 5.78 Å². The molecule has 0 aliphatic carbocycles. The van der Waals surface area contributed by atoms with E-state index in [-0.39, 0.29) is 5.78 Å². The lowest BCUT2D eigenvalue weighted by Gasteiger charge is -2.07. The third-order valence-electron chi connectivity index (χ3n) is 3.10. The number of carbonyl (C=O) groups is 1. The van der Waals surface area contributed by atoms with Crippen LogP contribution in [0.2, 0.25) is 5.02 Å². The first-order valence-corrected chi connectivity index (χ1v) is 6.70. The molecule has 0 saturated carbocycles. The predicted octanol–water partition coefficient (Wildman–Crippen LogP) is 4.69. The first kappa shape index (κ1) is 13.8. The van der Waals surface area contributed by atoms with Crippen LogP contribution in [0.5, 0.6) is 0 Å². The van der Waals surface area contributed by atoms with Crippen LogP contribution in [0.3, 0.4) is 0 Å². The number of Topliss-reactive ketones (excluding diaryl/α,β-unsaturated/α-hetero) is 1. The van der Waals surface area contributed by atoms with Crippen molar-refractivity contribution < 1.29 is 4.79 Å². The Balaban J connectivity index is 2.25. The normalized spacial score (nSPS) is 10.5.